The van der Waals surface area contributed by atoms with E-state index in [2.05, 4.69) is 15.9 Å². The average Bonchev–Trinajstić information content (AvgIpc) is 2.30. The van der Waals surface area contributed by atoms with Crippen molar-refractivity contribution in [1.82, 2.24) is 0 Å². The minimum absolute atomic E-state index is 0.191. The van der Waals surface area contributed by atoms with E-state index in [1.165, 1.54) is 6.07 Å². The number of rotatable bonds is 2. The van der Waals surface area contributed by atoms with E-state index in [0.29, 0.717) is 5.33 Å². The van der Waals surface area contributed by atoms with Gasteiger partial charge in [-0.15, -0.1) is 0 Å². The molecule has 0 aliphatic heterocycles. The molecule has 2 aromatic rings. The van der Waals surface area contributed by atoms with E-state index in [1.807, 2.05) is 36.4 Å². The Morgan fingerprint density at radius 2 is 1.73 bits per heavy atom. The Balaban J connectivity index is 2.53. The summed E-state index contributed by atoms with van der Waals surface area (Å²) in [7, 11) is 0. The molecule has 15 heavy (non-hydrogen) atoms. The molecular formula is C13H10BrF. The largest absolute Gasteiger partial charge is 0.207 e. The molecule has 0 fully saturated rings. The van der Waals surface area contributed by atoms with Gasteiger partial charge in [0.15, 0.2) is 0 Å². The SMILES string of the molecule is Fc1ccc(-c2ccccc2)c(CBr)c1. The first-order valence-electron chi connectivity index (χ1n) is 4.71. The van der Waals surface area contributed by atoms with Crippen LogP contribution in [0, 0.1) is 5.82 Å². The Morgan fingerprint density at radius 1 is 1.00 bits per heavy atom. The van der Waals surface area contributed by atoms with Crippen molar-refractivity contribution in [3.8, 4) is 11.1 Å². The molecule has 0 spiro atoms. The average molecular weight is 265 g/mol. The van der Waals surface area contributed by atoms with Crippen LogP contribution < -0.4 is 0 Å². The third kappa shape index (κ3) is 2.26. The number of alkyl halides is 1. The Kier molecular flexibility index (Phi) is 3.17. The lowest BCUT2D eigenvalue weighted by molar-refractivity contribution is 0.627. The summed E-state index contributed by atoms with van der Waals surface area (Å²) in [5.41, 5.74) is 3.17. The van der Waals surface area contributed by atoms with Gasteiger partial charge in [0, 0.05) is 5.33 Å². The van der Waals surface area contributed by atoms with Gasteiger partial charge in [-0.05, 0) is 28.8 Å². The fraction of sp³-hybridized carbons (Fsp3) is 0.0769. The summed E-state index contributed by atoms with van der Waals surface area (Å²) in [4.78, 5) is 0. The molecule has 2 rings (SSSR count). The van der Waals surface area contributed by atoms with E-state index in [4.69, 9.17) is 0 Å². The zero-order valence-electron chi connectivity index (χ0n) is 8.08. The van der Waals surface area contributed by atoms with E-state index < -0.39 is 0 Å². The summed E-state index contributed by atoms with van der Waals surface area (Å²) < 4.78 is 13.0. The van der Waals surface area contributed by atoms with Crippen LogP contribution >= 0.6 is 15.9 Å². The highest BCUT2D eigenvalue weighted by Crippen LogP contribution is 2.25. The molecule has 0 unspecified atom stereocenters. The standard InChI is InChI=1S/C13H10BrF/c14-9-11-8-12(15)6-7-13(11)10-4-2-1-3-5-10/h1-8H,9H2. The lowest BCUT2D eigenvalue weighted by atomic mass is 10.0. The summed E-state index contributed by atoms with van der Waals surface area (Å²) in [6, 6.07) is 14.9. The predicted molar refractivity (Wildman–Crippen MR) is 64.5 cm³/mol. The number of hydrogen-bond donors (Lipinski definition) is 0. The van der Waals surface area contributed by atoms with Crippen molar-refractivity contribution in [2.75, 3.05) is 0 Å². The van der Waals surface area contributed by atoms with Gasteiger partial charge in [-0.1, -0.05) is 52.3 Å². The Bertz CT molecular complexity index is 451. The van der Waals surface area contributed by atoms with Crippen LogP contribution in [0.4, 0.5) is 4.39 Å². The predicted octanol–water partition coefficient (Wildman–Crippen LogP) is 4.39. The summed E-state index contributed by atoms with van der Waals surface area (Å²) in [6.45, 7) is 0. The maximum Gasteiger partial charge on any atom is 0.123 e. The quantitative estimate of drug-likeness (QED) is 0.706. The van der Waals surface area contributed by atoms with E-state index in [9.17, 15) is 4.39 Å². The number of hydrogen-bond acceptors (Lipinski definition) is 0. The summed E-state index contributed by atoms with van der Waals surface area (Å²) in [5.74, 6) is -0.191. The topological polar surface area (TPSA) is 0 Å². The molecule has 0 aliphatic rings. The third-order valence-electron chi connectivity index (χ3n) is 2.30. The van der Waals surface area contributed by atoms with Crippen LogP contribution in [0.5, 0.6) is 0 Å². The molecule has 0 saturated carbocycles. The maximum atomic E-state index is 13.0. The molecule has 2 heteroatoms. The van der Waals surface area contributed by atoms with Gasteiger partial charge < -0.3 is 0 Å². The van der Waals surface area contributed by atoms with Crippen molar-refractivity contribution in [3.63, 3.8) is 0 Å². The van der Waals surface area contributed by atoms with Crippen molar-refractivity contribution >= 4 is 15.9 Å². The molecule has 2 aromatic carbocycles. The second-order valence-corrected chi connectivity index (χ2v) is 3.86. The van der Waals surface area contributed by atoms with Gasteiger partial charge in [0.2, 0.25) is 0 Å². The lowest BCUT2D eigenvalue weighted by Crippen LogP contribution is -1.87. The van der Waals surface area contributed by atoms with Crippen LogP contribution in [0.2, 0.25) is 0 Å². The van der Waals surface area contributed by atoms with Crippen LogP contribution in [0.3, 0.4) is 0 Å². The highest BCUT2D eigenvalue weighted by atomic mass is 79.9. The zero-order chi connectivity index (χ0) is 10.7. The highest BCUT2D eigenvalue weighted by molar-refractivity contribution is 9.08. The first-order chi connectivity index (χ1) is 7.31. The molecule has 0 saturated heterocycles. The van der Waals surface area contributed by atoms with Gasteiger partial charge >= 0.3 is 0 Å². The Hall–Kier alpha value is -1.15. The molecule has 0 nitrogen and oxygen atoms in total. The van der Waals surface area contributed by atoms with E-state index >= 15 is 0 Å². The molecule has 0 aliphatic carbocycles. The molecule has 76 valence electrons. The highest BCUT2D eigenvalue weighted by Gasteiger charge is 2.04. The van der Waals surface area contributed by atoms with E-state index in [-0.39, 0.29) is 5.82 Å². The summed E-state index contributed by atoms with van der Waals surface area (Å²) >= 11 is 3.37. The third-order valence-corrected chi connectivity index (χ3v) is 2.90. The molecule has 0 N–H and O–H groups in total. The van der Waals surface area contributed by atoms with Crippen molar-refractivity contribution in [2.24, 2.45) is 0 Å². The fourth-order valence-corrected chi connectivity index (χ4v) is 2.04. The van der Waals surface area contributed by atoms with Crippen LogP contribution in [0.25, 0.3) is 11.1 Å². The summed E-state index contributed by atoms with van der Waals surface area (Å²) in [5, 5.41) is 0.662. The number of halogens is 2. The molecule has 0 radical (unpaired) electrons. The second kappa shape index (κ2) is 4.58. The van der Waals surface area contributed by atoms with Crippen molar-refractivity contribution in [2.45, 2.75) is 5.33 Å². The molecule has 0 aromatic heterocycles. The van der Waals surface area contributed by atoms with Gasteiger partial charge in [-0.3, -0.25) is 0 Å². The fourth-order valence-electron chi connectivity index (χ4n) is 1.57. The normalized spacial score (nSPS) is 10.3. The molecular weight excluding hydrogens is 255 g/mol. The lowest BCUT2D eigenvalue weighted by Gasteiger charge is -2.07. The van der Waals surface area contributed by atoms with Crippen molar-refractivity contribution in [1.29, 1.82) is 0 Å². The van der Waals surface area contributed by atoms with Crippen LogP contribution in [0.1, 0.15) is 5.56 Å². The Morgan fingerprint density at radius 3 is 2.40 bits per heavy atom. The van der Waals surface area contributed by atoms with E-state index in [0.717, 1.165) is 16.7 Å². The minimum atomic E-state index is -0.191. The molecule has 0 amide bonds. The smallest absolute Gasteiger partial charge is 0.123 e. The molecule has 0 bridgehead atoms. The van der Waals surface area contributed by atoms with Gasteiger partial charge in [0.25, 0.3) is 0 Å². The minimum Gasteiger partial charge on any atom is -0.207 e. The van der Waals surface area contributed by atoms with Crippen LogP contribution in [-0.4, -0.2) is 0 Å². The van der Waals surface area contributed by atoms with Crippen molar-refractivity contribution in [3.05, 3.63) is 59.9 Å². The monoisotopic (exact) mass is 264 g/mol. The maximum absolute atomic E-state index is 13.0. The summed E-state index contributed by atoms with van der Waals surface area (Å²) in [6.07, 6.45) is 0. The van der Waals surface area contributed by atoms with Gasteiger partial charge in [-0.25, -0.2) is 4.39 Å². The van der Waals surface area contributed by atoms with Gasteiger partial charge in [0.1, 0.15) is 5.82 Å². The van der Waals surface area contributed by atoms with Crippen LogP contribution in [0.15, 0.2) is 48.5 Å². The Labute approximate surface area is 96.9 Å². The van der Waals surface area contributed by atoms with Gasteiger partial charge in [0.05, 0.1) is 0 Å². The van der Waals surface area contributed by atoms with Crippen LogP contribution in [-0.2, 0) is 5.33 Å². The first kappa shape index (κ1) is 10.4. The molecule has 0 heterocycles. The van der Waals surface area contributed by atoms with Gasteiger partial charge in [-0.2, -0.15) is 0 Å². The first-order valence-corrected chi connectivity index (χ1v) is 5.83. The molecule has 0 atom stereocenters. The van der Waals surface area contributed by atoms with E-state index in [1.54, 1.807) is 6.07 Å². The second-order valence-electron chi connectivity index (χ2n) is 3.30. The number of benzene rings is 2. The zero-order valence-corrected chi connectivity index (χ0v) is 9.67. The van der Waals surface area contributed by atoms with Crippen molar-refractivity contribution < 1.29 is 4.39 Å².